The summed E-state index contributed by atoms with van der Waals surface area (Å²) in [6.45, 7) is 2.46. The molecule has 0 fully saturated rings. The van der Waals surface area contributed by atoms with Gasteiger partial charge < -0.3 is 10.5 Å². The summed E-state index contributed by atoms with van der Waals surface area (Å²) < 4.78 is 5.76. The fourth-order valence-corrected chi connectivity index (χ4v) is 1.63. The van der Waals surface area contributed by atoms with Crippen molar-refractivity contribution in [3.05, 3.63) is 59.9 Å². The Morgan fingerprint density at radius 3 is 2.76 bits per heavy atom. The molecule has 2 N–H and O–H groups in total. The minimum absolute atomic E-state index is 0.0277. The van der Waals surface area contributed by atoms with E-state index in [2.05, 4.69) is 4.98 Å². The topological polar surface area (TPSA) is 48.1 Å². The summed E-state index contributed by atoms with van der Waals surface area (Å²) in [6.07, 6.45) is 3.55. The molecule has 1 aromatic carbocycles. The highest BCUT2D eigenvalue weighted by molar-refractivity contribution is 5.35. The third kappa shape index (κ3) is 3.04. The number of aromatic nitrogens is 1. The van der Waals surface area contributed by atoms with Crippen molar-refractivity contribution in [1.82, 2.24) is 4.98 Å². The standard InChI is InChI=1S/C14H16N2O/c1-11(15)13-6-2-3-7-14(13)17-10-12-5-4-8-16-9-12/h2-9,11H,10,15H2,1H3/t11-/m0/s1. The third-order valence-electron chi connectivity index (χ3n) is 2.53. The van der Waals surface area contributed by atoms with E-state index in [0.29, 0.717) is 6.61 Å². The van der Waals surface area contributed by atoms with Gasteiger partial charge in [-0.15, -0.1) is 0 Å². The number of nitrogens with two attached hydrogens (primary N) is 1. The molecule has 88 valence electrons. The van der Waals surface area contributed by atoms with Gasteiger partial charge in [0.25, 0.3) is 0 Å². The number of nitrogens with zero attached hydrogens (tertiary/aromatic N) is 1. The number of hydrogen-bond donors (Lipinski definition) is 1. The highest BCUT2D eigenvalue weighted by Crippen LogP contribution is 2.23. The van der Waals surface area contributed by atoms with E-state index in [1.165, 1.54) is 0 Å². The van der Waals surface area contributed by atoms with Gasteiger partial charge in [0.05, 0.1) is 0 Å². The average molecular weight is 228 g/mol. The number of pyridine rings is 1. The first-order chi connectivity index (χ1) is 8.27. The van der Waals surface area contributed by atoms with Crippen LogP contribution in [-0.2, 0) is 6.61 Å². The molecule has 3 nitrogen and oxygen atoms in total. The Hall–Kier alpha value is -1.87. The van der Waals surface area contributed by atoms with Crippen LogP contribution in [0.2, 0.25) is 0 Å². The maximum Gasteiger partial charge on any atom is 0.124 e. The molecule has 0 saturated carbocycles. The Morgan fingerprint density at radius 1 is 1.24 bits per heavy atom. The summed E-state index contributed by atoms with van der Waals surface area (Å²) in [6, 6.07) is 11.7. The minimum Gasteiger partial charge on any atom is -0.489 e. The molecule has 0 aliphatic heterocycles. The molecule has 2 aromatic rings. The zero-order chi connectivity index (χ0) is 12.1. The molecule has 2 rings (SSSR count). The highest BCUT2D eigenvalue weighted by atomic mass is 16.5. The van der Waals surface area contributed by atoms with Gasteiger partial charge in [0.15, 0.2) is 0 Å². The normalized spacial score (nSPS) is 12.1. The fourth-order valence-electron chi connectivity index (χ4n) is 1.63. The molecule has 0 spiro atoms. The van der Waals surface area contributed by atoms with Crippen molar-refractivity contribution < 1.29 is 4.74 Å². The zero-order valence-electron chi connectivity index (χ0n) is 9.84. The largest absolute Gasteiger partial charge is 0.489 e. The zero-order valence-corrected chi connectivity index (χ0v) is 9.84. The third-order valence-corrected chi connectivity index (χ3v) is 2.53. The smallest absolute Gasteiger partial charge is 0.124 e. The van der Waals surface area contributed by atoms with Gasteiger partial charge in [-0.3, -0.25) is 4.98 Å². The molecule has 0 aliphatic carbocycles. The minimum atomic E-state index is -0.0277. The second-order valence-corrected chi connectivity index (χ2v) is 3.98. The molecule has 0 amide bonds. The number of hydrogen-bond acceptors (Lipinski definition) is 3. The quantitative estimate of drug-likeness (QED) is 0.875. The van der Waals surface area contributed by atoms with Crippen LogP contribution >= 0.6 is 0 Å². The van der Waals surface area contributed by atoms with Crippen molar-refractivity contribution in [2.24, 2.45) is 5.73 Å². The van der Waals surface area contributed by atoms with Gasteiger partial charge >= 0.3 is 0 Å². The van der Waals surface area contributed by atoms with E-state index in [9.17, 15) is 0 Å². The molecular formula is C14H16N2O. The van der Waals surface area contributed by atoms with Crippen molar-refractivity contribution in [2.45, 2.75) is 19.6 Å². The maximum absolute atomic E-state index is 5.89. The van der Waals surface area contributed by atoms with Crippen LogP contribution in [-0.4, -0.2) is 4.98 Å². The molecule has 3 heteroatoms. The van der Waals surface area contributed by atoms with Crippen molar-refractivity contribution >= 4 is 0 Å². The lowest BCUT2D eigenvalue weighted by Crippen LogP contribution is -2.08. The van der Waals surface area contributed by atoms with Crippen LogP contribution in [0.15, 0.2) is 48.8 Å². The van der Waals surface area contributed by atoms with Crippen molar-refractivity contribution in [2.75, 3.05) is 0 Å². The predicted molar refractivity (Wildman–Crippen MR) is 67.6 cm³/mol. The highest BCUT2D eigenvalue weighted by Gasteiger charge is 2.06. The Labute approximate surface area is 101 Å². The Balaban J connectivity index is 2.09. The van der Waals surface area contributed by atoms with Gasteiger partial charge in [-0.25, -0.2) is 0 Å². The van der Waals surface area contributed by atoms with E-state index in [1.54, 1.807) is 12.4 Å². The predicted octanol–water partition coefficient (Wildman–Crippen LogP) is 2.68. The van der Waals surface area contributed by atoms with Crippen LogP contribution in [0.5, 0.6) is 5.75 Å². The number of ether oxygens (including phenoxy) is 1. The Bertz CT molecular complexity index is 469. The van der Waals surface area contributed by atoms with Crippen LogP contribution in [0.3, 0.4) is 0 Å². The lowest BCUT2D eigenvalue weighted by molar-refractivity contribution is 0.301. The van der Waals surface area contributed by atoms with E-state index in [4.69, 9.17) is 10.5 Å². The Kier molecular flexibility index (Phi) is 3.73. The number of rotatable bonds is 4. The molecular weight excluding hydrogens is 212 g/mol. The first kappa shape index (κ1) is 11.6. The molecule has 0 radical (unpaired) electrons. The lowest BCUT2D eigenvalue weighted by atomic mass is 10.1. The first-order valence-corrected chi connectivity index (χ1v) is 5.63. The van der Waals surface area contributed by atoms with Crippen molar-refractivity contribution in [1.29, 1.82) is 0 Å². The van der Waals surface area contributed by atoms with Gasteiger partial charge in [-0.1, -0.05) is 24.3 Å². The lowest BCUT2D eigenvalue weighted by Gasteiger charge is -2.13. The Morgan fingerprint density at radius 2 is 2.06 bits per heavy atom. The second kappa shape index (κ2) is 5.46. The molecule has 0 aliphatic rings. The van der Waals surface area contributed by atoms with E-state index < -0.39 is 0 Å². The second-order valence-electron chi connectivity index (χ2n) is 3.98. The van der Waals surface area contributed by atoms with E-state index >= 15 is 0 Å². The van der Waals surface area contributed by atoms with Crippen LogP contribution in [0.1, 0.15) is 24.1 Å². The molecule has 0 saturated heterocycles. The van der Waals surface area contributed by atoms with E-state index in [-0.39, 0.29) is 6.04 Å². The maximum atomic E-state index is 5.89. The molecule has 17 heavy (non-hydrogen) atoms. The van der Waals surface area contributed by atoms with Crippen LogP contribution < -0.4 is 10.5 Å². The molecule has 0 bridgehead atoms. The van der Waals surface area contributed by atoms with E-state index in [1.807, 2.05) is 43.3 Å². The van der Waals surface area contributed by atoms with Gasteiger partial charge in [-0.05, 0) is 19.1 Å². The SMILES string of the molecule is C[C@H](N)c1ccccc1OCc1cccnc1. The van der Waals surface area contributed by atoms with Gasteiger partial charge in [0.1, 0.15) is 12.4 Å². The van der Waals surface area contributed by atoms with Crippen LogP contribution in [0, 0.1) is 0 Å². The van der Waals surface area contributed by atoms with Crippen LogP contribution in [0.25, 0.3) is 0 Å². The van der Waals surface area contributed by atoms with Crippen LogP contribution in [0.4, 0.5) is 0 Å². The first-order valence-electron chi connectivity index (χ1n) is 5.63. The number of para-hydroxylation sites is 1. The molecule has 0 unspecified atom stereocenters. The van der Waals surface area contributed by atoms with E-state index in [0.717, 1.165) is 16.9 Å². The van der Waals surface area contributed by atoms with Crippen molar-refractivity contribution in [3.8, 4) is 5.75 Å². The summed E-state index contributed by atoms with van der Waals surface area (Å²) in [5.74, 6) is 0.839. The summed E-state index contributed by atoms with van der Waals surface area (Å²) >= 11 is 0. The van der Waals surface area contributed by atoms with Gasteiger partial charge in [-0.2, -0.15) is 0 Å². The summed E-state index contributed by atoms with van der Waals surface area (Å²) in [5.41, 5.74) is 7.96. The average Bonchev–Trinajstić information content (AvgIpc) is 2.38. The summed E-state index contributed by atoms with van der Waals surface area (Å²) in [5, 5.41) is 0. The summed E-state index contributed by atoms with van der Waals surface area (Å²) in [7, 11) is 0. The molecule has 1 atom stereocenters. The van der Waals surface area contributed by atoms with Gasteiger partial charge in [0.2, 0.25) is 0 Å². The monoisotopic (exact) mass is 228 g/mol. The van der Waals surface area contributed by atoms with Crippen molar-refractivity contribution in [3.63, 3.8) is 0 Å². The molecule has 1 aromatic heterocycles. The fraction of sp³-hybridized carbons (Fsp3) is 0.214. The molecule has 1 heterocycles. The van der Waals surface area contributed by atoms with Gasteiger partial charge in [0, 0.05) is 29.6 Å². The number of benzene rings is 1. The summed E-state index contributed by atoms with van der Waals surface area (Å²) in [4.78, 5) is 4.05.